The Balaban J connectivity index is 4.33. The number of carbonyl (C=O) groups excluding carboxylic acids is 3. The monoisotopic (exact) mass is 212 g/mol. The summed E-state index contributed by atoms with van der Waals surface area (Å²) >= 11 is 0. The van der Waals surface area contributed by atoms with Crippen molar-refractivity contribution in [1.29, 1.82) is 0 Å². The fraction of sp³-hybridized carbons (Fsp3) is 0.545. The summed E-state index contributed by atoms with van der Waals surface area (Å²) in [6.07, 6.45) is 1.25. The maximum absolute atomic E-state index is 11.3. The molecular weight excluding hydrogens is 196 g/mol. The Kier molecular flexibility index (Phi) is 4.91. The molecule has 0 saturated carbocycles. The van der Waals surface area contributed by atoms with E-state index in [0.29, 0.717) is 0 Å². The van der Waals surface area contributed by atoms with Crippen LogP contribution in [0.25, 0.3) is 0 Å². The van der Waals surface area contributed by atoms with Crippen molar-refractivity contribution in [2.24, 2.45) is 5.41 Å². The molecule has 4 heteroatoms. The van der Waals surface area contributed by atoms with Gasteiger partial charge in [-0.25, -0.2) is 4.79 Å². The molecule has 0 aliphatic heterocycles. The summed E-state index contributed by atoms with van der Waals surface area (Å²) in [5.41, 5.74) is -1.05. The van der Waals surface area contributed by atoms with E-state index in [2.05, 4.69) is 6.58 Å². The van der Waals surface area contributed by atoms with E-state index in [1.54, 1.807) is 6.92 Å². The predicted molar refractivity (Wildman–Crippen MR) is 55.2 cm³/mol. The largest absolute Gasteiger partial charge is 0.462 e. The number of hydrogen-bond donors (Lipinski definition) is 0. The summed E-state index contributed by atoms with van der Waals surface area (Å²) in [5.74, 6) is -0.987. The molecule has 0 aromatic carbocycles. The third kappa shape index (κ3) is 3.65. The standard InChI is InChI=1S/C11H16O4/c1-5-10(14)15-7-6-11(4,8(2)12)9(3)13/h5H,1,6-7H2,2-4H3. The minimum absolute atomic E-state index is 0.0422. The van der Waals surface area contributed by atoms with Crippen molar-refractivity contribution >= 4 is 17.5 Å². The number of esters is 1. The van der Waals surface area contributed by atoms with E-state index >= 15 is 0 Å². The van der Waals surface area contributed by atoms with Crippen LogP contribution in [-0.2, 0) is 19.1 Å². The normalized spacial score (nSPS) is 10.6. The molecule has 84 valence electrons. The zero-order valence-corrected chi connectivity index (χ0v) is 9.33. The zero-order chi connectivity index (χ0) is 12.1. The van der Waals surface area contributed by atoms with Crippen molar-refractivity contribution < 1.29 is 19.1 Å². The quantitative estimate of drug-likeness (QED) is 0.378. The zero-order valence-electron chi connectivity index (χ0n) is 9.33. The summed E-state index contributed by atoms with van der Waals surface area (Å²) in [6.45, 7) is 7.55. The van der Waals surface area contributed by atoms with E-state index in [-0.39, 0.29) is 24.6 Å². The topological polar surface area (TPSA) is 60.4 Å². The van der Waals surface area contributed by atoms with Crippen LogP contribution in [-0.4, -0.2) is 24.1 Å². The highest BCUT2D eigenvalue weighted by atomic mass is 16.5. The molecule has 0 aromatic heterocycles. The first kappa shape index (κ1) is 13.5. The van der Waals surface area contributed by atoms with Gasteiger partial charge in [0.05, 0.1) is 12.0 Å². The Bertz CT molecular complexity index is 277. The van der Waals surface area contributed by atoms with Gasteiger partial charge in [0.15, 0.2) is 0 Å². The number of rotatable bonds is 6. The fourth-order valence-electron chi connectivity index (χ4n) is 1.01. The highest BCUT2D eigenvalue weighted by Crippen LogP contribution is 2.23. The minimum Gasteiger partial charge on any atom is -0.462 e. The first-order valence-electron chi connectivity index (χ1n) is 4.66. The van der Waals surface area contributed by atoms with Gasteiger partial charge in [0.1, 0.15) is 11.6 Å². The third-order valence-electron chi connectivity index (χ3n) is 2.57. The molecule has 0 radical (unpaired) electrons. The van der Waals surface area contributed by atoms with Crippen molar-refractivity contribution in [1.82, 2.24) is 0 Å². The van der Waals surface area contributed by atoms with Crippen LogP contribution < -0.4 is 0 Å². The van der Waals surface area contributed by atoms with Crippen molar-refractivity contribution in [2.45, 2.75) is 27.2 Å². The SMILES string of the molecule is C=CC(=O)OCCC(C)(C(C)=O)C(C)=O. The molecular formula is C11H16O4. The van der Waals surface area contributed by atoms with Crippen molar-refractivity contribution in [3.63, 3.8) is 0 Å². The molecule has 0 spiro atoms. The molecule has 0 saturated heterocycles. The first-order valence-corrected chi connectivity index (χ1v) is 4.66. The van der Waals surface area contributed by atoms with Crippen molar-refractivity contribution in [3.8, 4) is 0 Å². The van der Waals surface area contributed by atoms with Gasteiger partial charge in [-0.15, -0.1) is 0 Å². The summed E-state index contributed by atoms with van der Waals surface area (Å²) in [4.78, 5) is 33.3. The molecule has 0 fully saturated rings. The molecule has 0 N–H and O–H groups in total. The second kappa shape index (κ2) is 5.44. The molecule has 0 amide bonds. The second-order valence-corrected chi connectivity index (χ2v) is 3.57. The Morgan fingerprint density at radius 2 is 1.73 bits per heavy atom. The highest BCUT2D eigenvalue weighted by Gasteiger charge is 2.34. The molecule has 0 aliphatic rings. The molecule has 0 unspecified atom stereocenters. The van der Waals surface area contributed by atoms with E-state index in [0.717, 1.165) is 6.08 Å². The van der Waals surface area contributed by atoms with Gasteiger partial charge in [-0.05, 0) is 20.8 Å². The van der Waals surface area contributed by atoms with Crippen LogP contribution >= 0.6 is 0 Å². The number of hydrogen-bond acceptors (Lipinski definition) is 4. The van der Waals surface area contributed by atoms with Crippen LogP contribution in [0.4, 0.5) is 0 Å². The Morgan fingerprint density at radius 1 is 1.27 bits per heavy atom. The highest BCUT2D eigenvalue weighted by molar-refractivity contribution is 6.04. The number of ether oxygens (including phenoxy) is 1. The van der Waals surface area contributed by atoms with Gasteiger partial charge in [0.2, 0.25) is 0 Å². The maximum Gasteiger partial charge on any atom is 0.330 e. The van der Waals surface area contributed by atoms with Crippen LogP contribution in [0.2, 0.25) is 0 Å². The number of carbonyl (C=O) groups is 3. The molecule has 0 aromatic rings. The van der Waals surface area contributed by atoms with Gasteiger partial charge in [-0.2, -0.15) is 0 Å². The van der Waals surface area contributed by atoms with Gasteiger partial charge in [0, 0.05) is 12.5 Å². The van der Waals surface area contributed by atoms with E-state index in [1.807, 2.05) is 0 Å². The fourth-order valence-corrected chi connectivity index (χ4v) is 1.01. The average Bonchev–Trinajstić information content (AvgIpc) is 2.16. The Morgan fingerprint density at radius 3 is 2.07 bits per heavy atom. The maximum atomic E-state index is 11.3. The summed E-state index contributed by atoms with van der Waals surface area (Å²) < 4.78 is 4.73. The lowest BCUT2D eigenvalue weighted by Gasteiger charge is -2.22. The molecule has 0 aliphatic carbocycles. The van der Waals surface area contributed by atoms with E-state index in [4.69, 9.17) is 4.74 Å². The van der Waals surface area contributed by atoms with E-state index < -0.39 is 11.4 Å². The Labute approximate surface area is 89.3 Å². The first-order chi connectivity index (χ1) is 6.84. The summed E-state index contributed by atoms with van der Waals surface area (Å²) in [5, 5.41) is 0. The van der Waals surface area contributed by atoms with Gasteiger partial charge in [-0.3, -0.25) is 9.59 Å². The van der Waals surface area contributed by atoms with Gasteiger partial charge in [-0.1, -0.05) is 6.58 Å². The minimum atomic E-state index is -1.05. The molecule has 0 bridgehead atoms. The molecule has 0 heterocycles. The van der Waals surface area contributed by atoms with E-state index in [9.17, 15) is 14.4 Å². The number of Topliss-reactive ketones (excluding diaryl/α,β-unsaturated/α-hetero) is 2. The van der Waals surface area contributed by atoms with Gasteiger partial charge in [0.25, 0.3) is 0 Å². The van der Waals surface area contributed by atoms with Crippen molar-refractivity contribution in [2.75, 3.05) is 6.61 Å². The van der Waals surface area contributed by atoms with Gasteiger partial charge >= 0.3 is 5.97 Å². The van der Waals surface area contributed by atoms with Crippen LogP contribution in [0.5, 0.6) is 0 Å². The number of ketones is 2. The lowest BCUT2D eigenvalue weighted by Crippen LogP contribution is -2.34. The van der Waals surface area contributed by atoms with Gasteiger partial charge < -0.3 is 4.74 Å². The van der Waals surface area contributed by atoms with E-state index in [1.165, 1.54) is 13.8 Å². The van der Waals surface area contributed by atoms with Crippen LogP contribution in [0.1, 0.15) is 27.2 Å². The molecule has 0 atom stereocenters. The van der Waals surface area contributed by atoms with Crippen molar-refractivity contribution in [3.05, 3.63) is 12.7 Å². The summed E-state index contributed by atoms with van der Waals surface area (Å²) in [6, 6.07) is 0. The molecule has 4 nitrogen and oxygen atoms in total. The summed E-state index contributed by atoms with van der Waals surface area (Å²) in [7, 11) is 0. The second-order valence-electron chi connectivity index (χ2n) is 3.57. The lowest BCUT2D eigenvalue weighted by molar-refractivity contribution is -0.144. The van der Waals surface area contributed by atoms with Crippen LogP contribution in [0.3, 0.4) is 0 Å². The molecule has 0 rings (SSSR count). The predicted octanol–water partition coefficient (Wildman–Crippen LogP) is 1.29. The molecule has 15 heavy (non-hydrogen) atoms. The Hall–Kier alpha value is -1.45. The van der Waals surface area contributed by atoms with Crippen LogP contribution in [0, 0.1) is 5.41 Å². The lowest BCUT2D eigenvalue weighted by atomic mass is 9.80. The van der Waals surface area contributed by atoms with Crippen LogP contribution in [0.15, 0.2) is 12.7 Å². The smallest absolute Gasteiger partial charge is 0.330 e. The average molecular weight is 212 g/mol. The third-order valence-corrected chi connectivity index (χ3v) is 2.57.